The Morgan fingerprint density at radius 3 is 2.83 bits per heavy atom. The van der Waals surface area contributed by atoms with Gasteiger partial charge in [0.25, 0.3) is 0 Å². The van der Waals surface area contributed by atoms with Crippen LogP contribution in [0.25, 0.3) is 0 Å². The van der Waals surface area contributed by atoms with E-state index in [0.29, 0.717) is 6.29 Å². The molecule has 0 atom stereocenters. The predicted octanol–water partition coefficient (Wildman–Crippen LogP) is 3.29. The SMILES string of the molecule is Cc1nc(COc2c(F)cccc2C=O)sc1C. The highest BCUT2D eigenvalue weighted by Gasteiger charge is 2.11. The van der Waals surface area contributed by atoms with Crippen LogP contribution in [-0.2, 0) is 6.61 Å². The van der Waals surface area contributed by atoms with Crippen molar-refractivity contribution in [2.24, 2.45) is 0 Å². The molecule has 0 saturated heterocycles. The van der Waals surface area contributed by atoms with Crippen molar-refractivity contribution >= 4 is 17.6 Å². The van der Waals surface area contributed by atoms with Crippen LogP contribution in [0.15, 0.2) is 18.2 Å². The van der Waals surface area contributed by atoms with E-state index < -0.39 is 5.82 Å². The van der Waals surface area contributed by atoms with Gasteiger partial charge < -0.3 is 4.74 Å². The zero-order valence-corrected chi connectivity index (χ0v) is 10.9. The molecular weight excluding hydrogens is 253 g/mol. The Kier molecular flexibility index (Phi) is 3.72. The number of halogens is 1. The van der Waals surface area contributed by atoms with Crippen LogP contribution in [0, 0.1) is 19.7 Å². The normalized spacial score (nSPS) is 10.4. The molecule has 0 amide bonds. The van der Waals surface area contributed by atoms with E-state index in [4.69, 9.17) is 4.74 Å². The van der Waals surface area contributed by atoms with Crippen LogP contribution >= 0.6 is 11.3 Å². The Morgan fingerprint density at radius 1 is 1.44 bits per heavy atom. The van der Waals surface area contributed by atoms with Crippen molar-refractivity contribution in [1.29, 1.82) is 0 Å². The van der Waals surface area contributed by atoms with Gasteiger partial charge in [-0.25, -0.2) is 9.37 Å². The number of para-hydroxylation sites is 1. The van der Waals surface area contributed by atoms with E-state index in [-0.39, 0.29) is 17.9 Å². The molecule has 18 heavy (non-hydrogen) atoms. The fraction of sp³-hybridized carbons (Fsp3) is 0.231. The summed E-state index contributed by atoms with van der Waals surface area (Å²) >= 11 is 1.51. The van der Waals surface area contributed by atoms with E-state index in [1.165, 1.54) is 29.5 Å². The summed E-state index contributed by atoms with van der Waals surface area (Å²) in [6, 6.07) is 4.26. The highest BCUT2D eigenvalue weighted by Crippen LogP contribution is 2.24. The van der Waals surface area contributed by atoms with Crippen LogP contribution in [0.4, 0.5) is 4.39 Å². The van der Waals surface area contributed by atoms with Gasteiger partial charge in [0.05, 0.1) is 11.3 Å². The summed E-state index contributed by atoms with van der Waals surface area (Å²) in [7, 11) is 0. The second kappa shape index (κ2) is 5.27. The monoisotopic (exact) mass is 265 g/mol. The number of aryl methyl sites for hydroxylation is 2. The van der Waals surface area contributed by atoms with Gasteiger partial charge in [-0.05, 0) is 26.0 Å². The zero-order valence-electron chi connectivity index (χ0n) is 10.1. The van der Waals surface area contributed by atoms with Gasteiger partial charge in [0.15, 0.2) is 17.9 Å². The van der Waals surface area contributed by atoms with Gasteiger partial charge in [-0.3, -0.25) is 4.79 Å². The molecule has 1 aromatic heterocycles. The van der Waals surface area contributed by atoms with Gasteiger partial charge in [0.2, 0.25) is 0 Å². The first kappa shape index (κ1) is 12.7. The lowest BCUT2D eigenvalue weighted by Crippen LogP contribution is -2.00. The lowest BCUT2D eigenvalue weighted by molar-refractivity contribution is 0.111. The zero-order chi connectivity index (χ0) is 13.1. The second-order valence-electron chi connectivity index (χ2n) is 3.81. The highest BCUT2D eigenvalue weighted by atomic mass is 32.1. The van der Waals surface area contributed by atoms with E-state index in [0.717, 1.165) is 15.6 Å². The van der Waals surface area contributed by atoms with Crippen LogP contribution in [0.2, 0.25) is 0 Å². The number of rotatable bonds is 4. The molecule has 0 spiro atoms. The van der Waals surface area contributed by atoms with E-state index in [1.54, 1.807) is 0 Å². The smallest absolute Gasteiger partial charge is 0.166 e. The van der Waals surface area contributed by atoms with Crippen molar-refractivity contribution in [2.45, 2.75) is 20.5 Å². The number of hydrogen-bond acceptors (Lipinski definition) is 4. The van der Waals surface area contributed by atoms with E-state index in [2.05, 4.69) is 4.98 Å². The number of thiazole rings is 1. The maximum atomic E-state index is 13.5. The Labute approximate surface area is 108 Å². The minimum absolute atomic E-state index is 0.0157. The number of nitrogens with zero attached hydrogens (tertiary/aromatic N) is 1. The fourth-order valence-electron chi connectivity index (χ4n) is 1.51. The first-order valence-electron chi connectivity index (χ1n) is 5.41. The van der Waals surface area contributed by atoms with Gasteiger partial charge in [-0.15, -0.1) is 11.3 Å². The van der Waals surface area contributed by atoms with Crippen LogP contribution in [0.1, 0.15) is 25.9 Å². The number of carbonyl (C=O) groups excluding carboxylic acids is 1. The lowest BCUT2D eigenvalue weighted by atomic mass is 10.2. The Balaban J connectivity index is 2.17. The van der Waals surface area contributed by atoms with Crippen LogP contribution in [0.3, 0.4) is 0 Å². The molecule has 1 heterocycles. The number of aldehydes is 1. The summed E-state index contributed by atoms with van der Waals surface area (Å²) in [4.78, 5) is 16.2. The molecule has 0 radical (unpaired) electrons. The lowest BCUT2D eigenvalue weighted by Gasteiger charge is -2.07. The predicted molar refractivity (Wildman–Crippen MR) is 67.7 cm³/mol. The third kappa shape index (κ3) is 2.56. The molecule has 0 aliphatic heterocycles. The summed E-state index contributed by atoms with van der Waals surface area (Å²) in [6.07, 6.45) is 0.580. The van der Waals surface area contributed by atoms with Crippen LogP contribution in [-0.4, -0.2) is 11.3 Å². The molecule has 2 aromatic rings. The summed E-state index contributed by atoms with van der Waals surface area (Å²) in [5, 5.41) is 0.769. The average Bonchev–Trinajstić information content (AvgIpc) is 2.67. The second-order valence-corrected chi connectivity index (χ2v) is 5.10. The van der Waals surface area contributed by atoms with E-state index in [1.807, 2.05) is 13.8 Å². The van der Waals surface area contributed by atoms with Gasteiger partial charge >= 0.3 is 0 Å². The molecule has 2 rings (SSSR count). The molecule has 1 aromatic carbocycles. The fourth-order valence-corrected chi connectivity index (χ4v) is 2.35. The average molecular weight is 265 g/mol. The van der Waals surface area contributed by atoms with Crippen molar-refractivity contribution in [3.63, 3.8) is 0 Å². The van der Waals surface area contributed by atoms with Crippen molar-refractivity contribution in [3.05, 3.63) is 45.2 Å². The summed E-state index contributed by atoms with van der Waals surface area (Å²) in [5.41, 5.74) is 1.16. The van der Waals surface area contributed by atoms with Crippen LogP contribution < -0.4 is 4.74 Å². The molecule has 0 unspecified atom stereocenters. The molecule has 0 N–H and O–H groups in total. The number of ether oxygens (including phenoxy) is 1. The number of aromatic nitrogens is 1. The third-order valence-electron chi connectivity index (χ3n) is 2.54. The minimum atomic E-state index is -0.537. The molecule has 3 nitrogen and oxygen atoms in total. The molecule has 0 bridgehead atoms. The Bertz CT molecular complexity index is 561. The molecule has 5 heteroatoms. The van der Waals surface area contributed by atoms with Gasteiger partial charge in [-0.1, -0.05) is 6.07 Å². The number of carbonyl (C=O) groups is 1. The van der Waals surface area contributed by atoms with Gasteiger partial charge in [0, 0.05) is 4.88 Å². The molecule has 0 saturated carbocycles. The summed E-state index contributed by atoms with van der Waals surface area (Å²) in [6.45, 7) is 4.05. The number of benzene rings is 1. The molecule has 0 aliphatic rings. The standard InChI is InChI=1S/C13H12FNO2S/c1-8-9(2)18-12(15-8)7-17-13-10(6-16)4-3-5-11(13)14/h3-6H,7H2,1-2H3. The minimum Gasteiger partial charge on any atom is -0.483 e. The quantitative estimate of drug-likeness (QED) is 0.796. The molecular formula is C13H12FNO2S. The van der Waals surface area contributed by atoms with Crippen molar-refractivity contribution in [3.8, 4) is 5.75 Å². The maximum Gasteiger partial charge on any atom is 0.166 e. The maximum absolute atomic E-state index is 13.5. The first-order valence-corrected chi connectivity index (χ1v) is 6.23. The first-order chi connectivity index (χ1) is 8.61. The van der Waals surface area contributed by atoms with Crippen molar-refractivity contribution in [2.75, 3.05) is 0 Å². The van der Waals surface area contributed by atoms with Gasteiger partial charge in [0.1, 0.15) is 11.6 Å². The third-order valence-corrected chi connectivity index (χ3v) is 3.58. The van der Waals surface area contributed by atoms with Crippen molar-refractivity contribution in [1.82, 2.24) is 4.98 Å². The summed E-state index contributed by atoms with van der Waals surface area (Å²) in [5.74, 6) is -0.553. The van der Waals surface area contributed by atoms with Crippen LogP contribution in [0.5, 0.6) is 5.75 Å². The topological polar surface area (TPSA) is 39.2 Å². The largest absolute Gasteiger partial charge is 0.483 e. The van der Waals surface area contributed by atoms with Crippen molar-refractivity contribution < 1.29 is 13.9 Å². The summed E-state index contributed by atoms with van der Waals surface area (Å²) < 4.78 is 18.9. The Morgan fingerprint density at radius 2 is 2.22 bits per heavy atom. The van der Waals surface area contributed by atoms with E-state index >= 15 is 0 Å². The Hall–Kier alpha value is -1.75. The molecule has 94 valence electrons. The number of hydrogen-bond donors (Lipinski definition) is 0. The van der Waals surface area contributed by atoms with Gasteiger partial charge in [-0.2, -0.15) is 0 Å². The molecule has 0 fully saturated rings. The highest BCUT2D eigenvalue weighted by molar-refractivity contribution is 7.11. The molecule has 0 aliphatic carbocycles. The van der Waals surface area contributed by atoms with E-state index in [9.17, 15) is 9.18 Å².